The molecule has 1 aliphatic heterocycles. The van der Waals surface area contributed by atoms with E-state index >= 15 is 0 Å². The van der Waals surface area contributed by atoms with E-state index in [1.807, 2.05) is 13.8 Å². The van der Waals surface area contributed by atoms with Gasteiger partial charge in [0.2, 0.25) is 5.91 Å². The number of aliphatic hydroxyl groups excluding tert-OH is 2. The predicted molar refractivity (Wildman–Crippen MR) is 56.1 cm³/mol. The highest BCUT2D eigenvalue weighted by Crippen LogP contribution is 2.19. The molecule has 0 aromatic heterocycles. The van der Waals surface area contributed by atoms with Gasteiger partial charge in [0.05, 0.1) is 17.7 Å². The summed E-state index contributed by atoms with van der Waals surface area (Å²) in [4.78, 5) is 13.4. The van der Waals surface area contributed by atoms with E-state index in [9.17, 15) is 15.0 Å². The van der Waals surface area contributed by atoms with E-state index in [0.29, 0.717) is 12.8 Å². The fraction of sp³-hybridized carbons (Fsp3) is 0.900. The molecule has 0 aromatic carbocycles. The molecule has 1 saturated heterocycles. The molecule has 0 radical (unpaired) electrons. The summed E-state index contributed by atoms with van der Waals surface area (Å²) < 4.78 is 0. The molecule has 0 saturated carbocycles. The summed E-state index contributed by atoms with van der Waals surface area (Å²) in [6.07, 6.45) is -0.561. The van der Waals surface area contributed by atoms with Crippen LogP contribution in [0.5, 0.6) is 0 Å². The third kappa shape index (κ3) is 2.30. The van der Waals surface area contributed by atoms with Crippen molar-refractivity contribution in [3.8, 4) is 0 Å². The Bertz CT molecular complexity index is 231. The summed E-state index contributed by atoms with van der Waals surface area (Å²) in [7, 11) is 0. The molecule has 1 amide bonds. The Morgan fingerprint density at radius 3 is 2.07 bits per heavy atom. The summed E-state index contributed by atoms with van der Waals surface area (Å²) in [5.41, 5.74) is 5.10. The third-order valence-corrected chi connectivity index (χ3v) is 3.23. The topological polar surface area (TPSA) is 86.8 Å². The van der Waals surface area contributed by atoms with Crippen LogP contribution in [0, 0.1) is 0 Å². The van der Waals surface area contributed by atoms with Crippen molar-refractivity contribution in [1.82, 2.24) is 4.90 Å². The Morgan fingerprint density at radius 2 is 1.73 bits per heavy atom. The van der Waals surface area contributed by atoms with Crippen LogP contribution in [0.25, 0.3) is 0 Å². The zero-order chi connectivity index (χ0) is 11.6. The molecule has 2 atom stereocenters. The molecule has 0 aliphatic carbocycles. The molecule has 0 bridgehead atoms. The molecule has 5 nitrogen and oxygen atoms in total. The van der Waals surface area contributed by atoms with Crippen LogP contribution in [0.1, 0.15) is 26.7 Å². The lowest BCUT2D eigenvalue weighted by Crippen LogP contribution is -2.54. The van der Waals surface area contributed by atoms with Crippen LogP contribution in [-0.2, 0) is 4.79 Å². The Labute approximate surface area is 89.9 Å². The van der Waals surface area contributed by atoms with Crippen molar-refractivity contribution in [3.05, 3.63) is 0 Å². The van der Waals surface area contributed by atoms with Crippen LogP contribution in [-0.4, -0.2) is 51.9 Å². The van der Waals surface area contributed by atoms with Crippen molar-refractivity contribution in [2.24, 2.45) is 5.73 Å². The number of amides is 1. The molecule has 0 aromatic rings. The van der Waals surface area contributed by atoms with Gasteiger partial charge >= 0.3 is 0 Å². The van der Waals surface area contributed by atoms with Gasteiger partial charge in [-0.15, -0.1) is 0 Å². The number of β-amino-alcohol motifs (C(OH)–C–C–N with tert-alkyl or cyclic N) is 2. The molecular formula is C10H20N2O3. The van der Waals surface area contributed by atoms with Crippen LogP contribution in [0.15, 0.2) is 0 Å². The van der Waals surface area contributed by atoms with Gasteiger partial charge in [0.25, 0.3) is 0 Å². The number of aliphatic hydroxyl groups is 2. The highest BCUT2D eigenvalue weighted by atomic mass is 16.3. The van der Waals surface area contributed by atoms with Gasteiger partial charge in [0, 0.05) is 13.1 Å². The molecule has 5 heteroatoms. The number of carbonyl (C=O) groups excluding carboxylic acids is 1. The molecule has 1 fully saturated rings. The predicted octanol–water partition coefficient (Wildman–Crippen LogP) is -0.932. The van der Waals surface area contributed by atoms with E-state index in [2.05, 4.69) is 0 Å². The first-order valence-electron chi connectivity index (χ1n) is 5.39. The van der Waals surface area contributed by atoms with E-state index in [0.717, 1.165) is 0 Å². The monoisotopic (exact) mass is 216 g/mol. The normalized spacial score (nSPS) is 27.1. The number of nitrogens with zero attached hydrogens (tertiary/aromatic N) is 1. The van der Waals surface area contributed by atoms with Crippen molar-refractivity contribution < 1.29 is 15.0 Å². The zero-order valence-electron chi connectivity index (χ0n) is 9.31. The van der Waals surface area contributed by atoms with Crippen LogP contribution in [0.4, 0.5) is 0 Å². The Balaban J connectivity index is 2.69. The largest absolute Gasteiger partial charge is 0.388 e. The van der Waals surface area contributed by atoms with Crippen molar-refractivity contribution >= 4 is 5.91 Å². The minimum atomic E-state index is -0.857. The molecule has 4 N–H and O–H groups in total. The fourth-order valence-electron chi connectivity index (χ4n) is 1.80. The van der Waals surface area contributed by atoms with E-state index in [1.54, 1.807) is 0 Å². The summed E-state index contributed by atoms with van der Waals surface area (Å²) in [5, 5.41) is 18.7. The van der Waals surface area contributed by atoms with Gasteiger partial charge in [-0.05, 0) is 12.8 Å². The summed E-state index contributed by atoms with van der Waals surface area (Å²) >= 11 is 0. The maximum Gasteiger partial charge on any atom is 0.242 e. The van der Waals surface area contributed by atoms with Gasteiger partial charge in [0.1, 0.15) is 0 Å². The van der Waals surface area contributed by atoms with Crippen molar-refractivity contribution in [1.29, 1.82) is 0 Å². The smallest absolute Gasteiger partial charge is 0.242 e. The van der Waals surface area contributed by atoms with Crippen molar-refractivity contribution in [2.75, 3.05) is 13.1 Å². The van der Waals surface area contributed by atoms with Crippen LogP contribution >= 0.6 is 0 Å². The third-order valence-electron chi connectivity index (χ3n) is 3.23. The Morgan fingerprint density at radius 1 is 1.33 bits per heavy atom. The molecular weight excluding hydrogens is 196 g/mol. The van der Waals surface area contributed by atoms with E-state index in [4.69, 9.17) is 5.73 Å². The SMILES string of the molecule is CCC(N)(CC)C(=O)N1CC(O)C(O)C1. The first-order valence-corrected chi connectivity index (χ1v) is 5.39. The minimum absolute atomic E-state index is 0.178. The average molecular weight is 216 g/mol. The molecule has 2 unspecified atom stereocenters. The molecule has 0 spiro atoms. The van der Waals surface area contributed by atoms with Crippen LogP contribution < -0.4 is 5.73 Å². The lowest BCUT2D eigenvalue weighted by atomic mass is 9.92. The van der Waals surface area contributed by atoms with Crippen molar-refractivity contribution in [3.63, 3.8) is 0 Å². The van der Waals surface area contributed by atoms with Gasteiger partial charge in [0.15, 0.2) is 0 Å². The number of hydrogen-bond acceptors (Lipinski definition) is 4. The lowest BCUT2D eigenvalue weighted by molar-refractivity contribution is -0.136. The van der Waals surface area contributed by atoms with E-state index in [-0.39, 0.29) is 19.0 Å². The highest BCUT2D eigenvalue weighted by molar-refractivity contribution is 5.86. The quantitative estimate of drug-likeness (QED) is 0.568. The fourth-order valence-corrected chi connectivity index (χ4v) is 1.80. The molecule has 15 heavy (non-hydrogen) atoms. The second-order valence-electron chi connectivity index (χ2n) is 4.21. The number of rotatable bonds is 3. The Kier molecular flexibility index (Phi) is 3.70. The number of hydrogen-bond donors (Lipinski definition) is 3. The van der Waals surface area contributed by atoms with Gasteiger partial charge < -0.3 is 20.8 Å². The molecule has 88 valence electrons. The standard InChI is InChI=1S/C10H20N2O3/c1-3-10(11,4-2)9(15)12-5-7(13)8(14)6-12/h7-8,13-14H,3-6,11H2,1-2H3. The summed E-state index contributed by atoms with van der Waals surface area (Å²) in [6.45, 7) is 4.09. The van der Waals surface area contributed by atoms with Gasteiger partial charge in [-0.25, -0.2) is 0 Å². The Hall–Kier alpha value is -0.650. The van der Waals surface area contributed by atoms with Gasteiger partial charge in [-0.3, -0.25) is 4.79 Å². The van der Waals surface area contributed by atoms with Crippen molar-refractivity contribution in [2.45, 2.75) is 44.4 Å². The molecule has 1 rings (SSSR count). The maximum atomic E-state index is 12.0. The van der Waals surface area contributed by atoms with Crippen LogP contribution in [0.2, 0.25) is 0 Å². The average Bonchev–Trinajstić information content (AvgIpc) is 2.57. The van der Waals surface area contributed by atoms with Crippen LogP contribution in [0.3, 0.4) is 0 Å². The van der Waals surface area contributed by atoms with E-state index < -0.39 is 17.7 Å². The van der Waals surface area contributed by atoms with Gasteiger partial charge in [-0.1, -0.05) is 13.8 Å². The lowest BCUT2D eigenvalue weighted by Gasteiger charge is -2.30. The second kappa shape index (κ2) is 4.47. The molecule has 1 heterocycles. The second-order valence-corrected chi connectivity index (χ2v) is 4.21. The minimum Gasteiger partial charge on any atom is -0.388 e. The summed E-state index contributed by atoms with van der Waals surface area (Å²) in [6, 6.07) is 0. The number of carbonyl (C=O) groups is 1. The highest BCUT2D eigenvalue weighted by Gasteiger charge is 2.40. The first-order chi connectivity index (χ1) is 6.94. The molecule has 1 aliphatic rings. The van der Waals surface area contributed by atoms with Gasteiger partial charge in [-0.2, -0.15) is 0 Å². The van der Waals surface area contributed by atoms with E-state index in [1.165, 1.54) is 4.90 Å². The maximum absolute atomic E-state index is 12.0. The first kappa shape index (κ1) is 12.4. The zero-order valence-corrected chi connectivity index (χ0v) is 9.31. The number of likely N-dealkylation sites (tertiary alicyclic amines) is 1. The summed E-state index contributed by atoms with van der Waals surface area (Å²) in [5.74, 6) is -0.178. The number of nitrogens with two attached hydrogens (primary N) is 1.